The number of ether oxygens (including phenoxy) is 1. The van der Waals surface area contributed by atoms with Gasteiger partial charge in [0.05, 0.1) is 5.56 Å². The molecule has 1 aliphatic rings. The van der Waals surface area contributed by atoms with Crippen LogP contribution in [0.2, 0.25) is 0 Å². The molecule has 1 aromatic heterocycles. The summed E-state index contributed by atoms with van der Waals surface area (Å²) in [6, 6.07) is 4.53. The number of nitrogens with one attached hydrogen (secondary N) is 1. The molecule has 0 saturated heterocycles. The third-order valence-corrected chi connectivity index (χ3v) is 5.89. The number of rotatable bonds is 5. The van der Waals surface area contributed by atoms with Gasteiger partial charge in [0.2, 0.25) is 0 Å². The van der Waals surface area contributed by atoms with Crippen LogP contribution >= 0.6 is 11.3 Å². The van der Waals surface area contributed by atoms with Gasteiger partial charge in [-0.3, -0.25) is 9.59 Å². The van der Waals surface area contributed by atoms with Crippen LogP contribution in [-0.2, 0) is 22.4 Å². The Balaban J connectivity index is 1.68. The molecule has 4 N–H and O–H groups in total. The molecule has 0 radical (unpaired) electrons. The summed E-state index contributed by atoms with van der Waals surface area (Å²) < 4.78 is 4.98. The lowest BCUT2D eigenvalue weighted by molar-refractivity contribution is -0.119. The van der Waals surface area contributed by atoms with E-state index in [1.165, 1.54) is 23.5 Å². The molecule has 2 amide bonds. The lowest BCUT2D eigenvalue weighted by Crippen LogP contribution is -2.23. The minimum atomic E-state index is -0.804. The summed E-state index contributed by atoms with van der Waals surface area (Å²) in [7, 11) is 0. The minimum absolute atomic E-state index is 0.0169. The Bertz CT molecular complexity index is 950. The molecule has 148 valence electrons. The number of anilines is 1. The standard InChI is InChI=1S/C20H22N2O5S/c1-10-3-5-12(14(23)7-10)20(26)27-9-16(24)22-19-17(18(21)25)13-6-4-11(2)8-15(13)28-19/h3,5,7,11,23H,4,6,8-9H2,1-2H3,(H2,21,25)(H,22,24)/t11-/m1/s1. The summed E-state index contributed by atoms with van der Waals surface area (Å²) in [4.78, 5) is 37.3. The molecule has 0 bridgehead atoms. The highest BCUT2D eigenvalue weighted by molar-refractivity contribution is 7.17. The van der Waals surface area contributed by atoms with Crippen LogP contribution in [0.4, 0.5) is 5.00 Å². The number of fused-ring (bicyclic) bond motifs is 1. The molecule has 1 heterocycles. The van der Waals surface area contributed by atoms with Crippen LogP contribution in [0, 0.1) is 12.8 Å². The van der Waals surface area contributed by atoms with Gasteiger partial charge in [-0.1, -0.05) is 13.0 Å². The van der Waals surface area contributed by atoms with Crippen LogP contribution in [0.1, 0.15) is 50.1 Å². The number of hydrogen-bond donors (Lipinski definition) is 3. The fraction of sp³-hybridized carbons (Fsp3) is 0.350. The van der Waals surface area contributed by atoms with Crippen LogP contribution < -0.4 is 11.1 Å². The van der Waals surface area contributed by atoms with Crippen molar-refractivity contribution in [1.82, 2.24) is 0 Å². The van der Waals surface area contributed by atoms with Crippen molar-refractivity contribution in [2.45, 2.75) is 33.1 Å². The van der Waals surface area contributed by atoms with Crippen LogP contribution in [0.3, 0.4) is 0 Å². The first kappa shape index (κ1) is 19.9. The van der Waals surface area contributed by atoms with Gasteiger partial charge in [-0.05, 0) is 55.4 Å². The number of nitrogens with two attached hydrogens (primary N) is 1. The fourth-order valence-corrected chi connectivity index (χ4v) is 4.72. The lowest BCUT2D eigenvalue weighted by Gasteiger charge is -2.18. The summed E-state index contributed by atoms with van der Waals surface area (Å²) in [6.07, 6.45) is 2.57. The number of thiophene rings is 1. The normalized spacial score (nSPS) is 15.6. The number of carbonyl (C=O) groups is 3. The SMILES string of the molecule is Cc1ccc(C(=O)OCC(=O)Nc2sc3c(c2C(N)=O)CC[C@@H](C)C3)c(O)c1. The van der Waals surface area contributed by atoms with Crippen molar-refractivity contribution in [3.63, 3.8) is 0 Å². The zero-order valence-electron chi connectivity index (χ0n) is 15.7. The molecule has 2 aromatic rings. The number of benzene rings is 1. The number of aryl methyl sites for hydroxylation is 1. The van der Waals surface area contributed by atoms with Crippen molar-refractivity contribution in [3.8, 4) is 5.75 Å². The molecule has 8 heteroatoms. The summed E-state index contributed by atoms with van der Waals surface area (Å²) in [5.74, 6) is -1.65. The second kappa shape index (κ2) is 8.02. The van der Waals surface area contributed by atoms with Gasteiger partial charge >= 0.3 is 5.97 Å². The first-order valence-electron chi connectivity index (χ1n) is 8.97. The van der Waals surface area contributed by atoms with Gasteiger partial charge in [0, 0.05) is 4.88 Å². The minimum Gasteiger partial charge on any atom is -0.507 e. The average molecular weight is 402 g/mol. The van der Waals surface area contributed by atoms with Gasteiger partial charge < -0.3 is 20.9 Å². The number of primary amides is 1. The van der Waals surface area contributed by atoms with Crippen molar-refractivity contribution in [3.05, 3.63) is 45.3 Å². The van der Waals surface area contributed by atoms with Gasteiger partial charge in [0.15, 0.2) is 6.61 Å². The molecule has 1 aliphatic carbocycles. The zero-order chi connectivity index (χ0) is 20.4. The Morgan fingerprint density at radius 3 is 2.79 bits per heavy atom. The second-order valence-electron chi connectivity index (χ2n) is 7.07. The summed E-state index contributed by atoms with van der Waals surface area (Å²) in [5.41, 5.74) is 7.56. The van der Waals surface area contributed by atoms with E-state index in [1.54, 1.807) is 13.0 Å². The maximum atomic E-state index is 12.2. The number of carbonyl (C=O) groups excluding carboxylic acids is 3. The predicted octanol–water partition coefficient (Wildman–Crippen LogP) is 2.78. The molecular weight excluding hydrogens is 380 g/mol. The average Bonchev–Trinajstić information content (AvgIpc) is 2.96. The second-order valence-corrected chi connectivity index (χ2v) is 8.17. The van der Waals surface area contributed by atoms with E-state index in [0.29, 0.717) is 16.5 Å². The molecule has 3 rings (SSSR count). The monoisotopic (exact) mass is 402 g/mol. The van der Waals surface area contributed by atoms with Gasteiger partial charge in [-0.25, -0.2) is 4.79 Å². The Kier molecular flexibility index (Phi) is 5.69. The van der Waals surface area contributed by atoms with Crippen LogP contribution in [-0.4, -0.2) is 29.5 Å². The molecule has 28 heavy (non-hydrogen) atoms. The Morgan fingerprint density at radius 1 is 1.36 bits per heavy atom. The van der Waals surface area contributed by atoms with Crippen molar-refractivity contribution >= 4 is 34.1 Å². The van der Waals surface area contributed by atoms with E-state index < -0.39 is 24.4 Å². The number of aromatic hydroxyl groups is 1. The Labute approximate surface area is 166 Å². The Morgan fingerprint density at radius 2 is 2.11 bits per heavy atom. The van der Waals surface area contributed by atoms with Crippen molar-refractivity contribution < 1.29 is 24.2 Å². The number of amides is 2. The topological polar surface area (TPSA) is 119 Å². The molecule has 0 spiro atoms. The van der Waals surface area contributed by atoms with Gasteiger partial charge in [0.25, 0.3) is 11.8 Å². The molecule has 1 atom stereocenters. The molecule has 0 fully saturated rings. The fourth-order valence-electron chi connectivity index (χ4n) is 3.29. The molecule has 1 aromatic carbocycles. The third-order valence-electron chi connectivity index (χ3n) is 4.72. The van der Waals surface area contributed by atoms with Gasteiger partial charge in [-0.2, -0.15) is 0 Å². The zero-order valence-corrected chi connectivity index (χ0v) is 16.5. The largest absolute Gasteiger partial charge is 0.507 e. The van der Waals surface area contributed by atoms with Crippen LogP contribution in [0.15, 0.2) is 18.2 Å². The first-order valence-corrected chi connectivity index (χ1v) is 9.78. The molecule has 0 unspecified atom stereocenters. The summed E-state index contributed by atoms with van der Waals surface area (Å²) >= 11 is 1.34. The highest BCUT2D eigenvalue weighted by Crippen LogP contribution is 2.39. The number of phenols is 1. The van der Waals surface area contributed by atoms with E-state index in [0.717, 1.165) is 35.3 Å². The highest BCUT2D eigenvalue weighted by atomic mass is 32.1. The van der Waals surface area contributed by atoms with E-state index >= 15 is 0 Å². The molecule has 0 aliphatic heterocycles. The lowest BCUT2D eigenvalue weighted by atomic mass is 9.88. The smallest absolute Gasteiger partial charge is 0.342 e. The molecule has 7 nitrogen and oxygen atoms in total. The number of esters is 1. The highest BCUT2D eigenvalue weighted by Gasteiger charge is 2.27. The summed E-state index contributed by atoms with van der Waals surface area (Å²) in [5, 5.41) is 12.9. The van der Waals surface area contributed by atoms with E-state index in [-0.39, 0.29) is 11.3 Å². The maximum Gasteiger partial charge on any atom is 0.342 e. The van der Waals surface area contributed by atoms with E-state index in [9.17, 15) is 19.5 Å². The van der Waals surface area contributed by atoms with Crippen molar-refractivity contribution in [2.24, 2.45) is 11.7 Å². The van der Waals surface area contributed by atoms with Gasteiger partial charge in [0.1, 0.15) is 16.3 Å². The van der Waals surface area contributed by atoms with Gasteiger partial charge in [-0.15, -0.1) is 11.3 Å². The van der Waals surface area contributed by atoms with E-state index in [1.807, 2.05) is 0 Å². The van der Waals surface area contributed by atoms with E-state index in [4.69, 9.17) is 10.5 Å². The first-order chi connectivity index (χ1) is 13.3. The number of phenolic OH excluding ortho intramolecular Hbond substituents is 1. The predicted molar refractivity (Wildman–Crippen MR) is 106 cm³/mol. The summed E-state index contributed by atoms with van der Waals surface area (Å²) in [6.45, 7) is 3.38. The molecule has 0 saturated carbocycles. The number of hydrogen-bond acceptors (Lipinski definition) is 6. The third kappa shape index (κ3) is 4.17. The maximum absolute atomic E-state index is 12.2. The van der Waals surface area contributed by atoms with Crippen LogP contribution in [0.5, 0.6) is 5.75 Å². The van der Waals surface area contributed by atoms with Crippen molar-refractivity contribution in [2.75, 3.05) is 11.9 Å². The Hall–Kier alpha value is -2.87. The molecular formula is C20H22N2O5S. The van der Waals surface area contributed by atoms with Crippen molar-refractivity contribution in [1.29, 1.82) is 0 Å². The van der Waals surface area contributed by atoms with Crippen LogP contribution in [0.25, 0.3) is 0 Å². The quantitative estimate of drug-likeness (QED) is 0.665. The van der Waals surface area contributed by atoms with E-state index in [2.05, 4.69) is 12.2 Å².